The second kappa shape index (κ2) is 5.17. The summed E-state index contributed by atoms with van der Waals surface area (Å²) in [7, 11) is 0. The quantitative estimate of drug-likeness (QED) is 0.802. The first-order chi connectivity index (χ1) is 9.66. The van der Waals surface area contributed by atoms with Gasteiger partial charge in [-0.15, -0.1) is 0 Å². The lowest BCUT2D eigenvalue weighted by Crippen LogP contribution is -2.32. The van der Waals surface area contributed by atoms with Crippen molar-refractivity contribution in [2.24, 2.45) is 0 Å². The van der Waals surface area contributed by atoms with Crippen molar-refractivity contribution in [1.82, 2.24) is 0 Å². The first-order valence-electron chi connectivity index (χ1n) is 6.43. The molecule has 0 bridgehead atoms. The Hall–Kier alpha value is -2.00. The Morgan fingerprint density at radius 3 is 2.80 bits per heavy atom. The van der Waals surface area contributed by atoms with Gasteiger partial charge in [-0.05, 0) is 30.7 Å². The largest absolute Gasteiger partial charge is 0.483 e. The molecule has 0 spiro atoms. The molecule has 0 atom stereocenters. The predicted octanol–water partition coefficient (Wildman–Crippen LogP) is 3.57. The Morgan fingerprint density at radius 1 is 1.15 bits per heavy atom. The van der Waals surface area contributed by atoms with E-state index in [1.807, 2.05) is 49.4 Å². The predicted molar refractivity (Wildman–Crippen MR) is 79.3 cm³/mol. The van der Waals surface area contributed by atoms with Gasteiger partial charge < -0.3 is 9.64 Å². The molecule has 4 heteroatoms. The van der Waals surface area contributed by atoms with Gasteiger partial charge in [0.25, 0.3) is 5.91 Å². The molecule has 0 aromatic heterocycles. The van der Waals surface area contributed by atoms with E-state index < -0.39 is 0 Å². The number of halogens is 1. The Morgan fingerprint density at radius 2 is 1.95 bits per heavy atom. The van der Waals surface area contributed by atoms with Crippen LogP contribution >= 0.6 is 11.6 Å². The Kier molecular flexibility index (Phi) is 3.36. The molecule has 0 radical (unpaired) electrons. The van der Waals surface area contributed by atoms with Crippen molar-refractivity contribution < 1.29 is 9.53 Å². The van der Waals surface area contributed by atoms with E-state index in [-0.39, 0.29) is 12.5 Å². The molecule has 1 aliphatic heterocycles. The maximum absolute atomic E-state index is 12.3. The highest BCUT2D eigenvalue weighted by molar-refractivity contribution is 6.31. The van der Waals surface area contributed by atoms with Crippen LogP contribution in [-0.4, -0.2) is 12.5 Å². The van der Waals surface area contributed by atoms with E-state index in [9.17, 15) is 4.79 Å². The maximum atomic E-state index is 12.3. The topological polar surface area (TPSA) is 29.5 Å². The Balaban J connectivity index is 2.04. The maximum Gasteiger partial charge on any atom is 0.265 e. The number of nitrogens with zero attached hydrogens (tertiary/aromatic N) is 1. The van der Waals surface area contributed by atoms with Crippen LogP contribution in [0.1, 0.15) is 11.1 Å². The fourth-order valence-electron chi connectivity index (χ4n) is 2.36. The molecule has 3 rings (SSSR count). The first-order valence-corrected chi connectivity index (χ1v) is 6.81. The molecule has 0 saturated heterocycles. The summed E-state index contributed by atoms with van der Waals surface area (Å²) >= 11 is 6.15. The summed E-state index contributed by atoms with van der Waals surface area (Å²) in [6.07, 6.45) is 0. The standard InChI is InChI=1S/C16H14ClNO2/c1-11-13(17)6-4-7-14(11)18-9-12-5-2-3-8-15(12)20-10-16(18)19/h2-8H,9-10H2,1H3. The number of rotatable bonds is 1. The smallest absolute Gasteiger partial charge is 0.265 e. The van der Waals surface area contributed by atoms with Crippen molar-refractivity contribution in [3.63, 3.8) is 0 Å². The van der Waals surface area contributed by atoms with E-state index in [0.717, 1.165) is 22.6 Å². The van der Waals surface area contributed by atoms with Crippen molar-refractivity contribution in [3.8, 4) is 5.75 Å². The van der Waals surface area contributed by atoms with Crippen molar-refractivity contribution in [1.29, 1.82) is 0 Å². The van der Waals surface area contributed by atoms with Gasteiger partial charge in [0.05, 0.1) is 6.54 Å². The minimum Gasteiger partial charge on any atom is -0.483 e. The summed E-state index contributed by atoms with van der Waals surface area (Å²) in [5, 5.41) is 0.661. The minimum atomic E-state index is -0.0634. The summed E-state index contributed by atoms with van der Waals surface area (Å²) in [5.74, 6) is 0.703. The Labute approximate surface area is 122 Å². The van der Waals surface area contributed by atoms with Crippen LogP contribution in [0.25, 0.3) is 0 Å². The summed E-state index contributed by atoms with van der Waals surface area (Å²) < 4.78 is 5.56. The zero-order valence-electron chi connectivity index (χ0n) is 11.1. The molecule has 0 saturated carbocycles. The Bertz CT molecular complexity index is 669. The lowest BCUT2D eigenvalue weighted by Gasteiger charge is -2.22. The fourth-order valence-corrected chi connectivity index (χ4v) is 2.53. The van der Waals surface area contributed by atoms with Gasteiger partial charge in [-0.25, -0.2) is 0 Å². The zero-order chi connectivity index (χ0) is 14.1. The molecule has 1 heterocycles. The normalized spacial score (nSPS) is 14.5. The average Bonchev–Trinajstić information content (AvgIpc) is 2.62. The molecule has 0 fully saturated rings. The van der Waals surface area contributed by atoms with Crippen molar-refractivity contribution in [2.45, 2.75) is 13.5 Å². The van der Waals surface area contributed by atoms with Crippen LogP contribution in [0.2, 0.25) is 5.02 Å². The fraction of sp³-hybridized carbons (Fsp3) is 0.188. The van der Waals surface area contributed by atoms with Gasteiger partial charge in [0.1, 0.15) is 5.75 Å². The van der Waals surface area contributed by atoms with Crippen LogP contribution in [0.3, 0.4) is 0 Å². The summed E-state index contributed by atoms with van der Waals surface area (Å²) in [5.41, 5.74) is 2.74. The lowest BCUT2D eigenvalue weighted by atomic mass is 10.1. The molecule has 1 amide bonds. The van der Waals surface area contributed by atoms with Crippen LogP contribution < -0.4 is 9.64 Å². The number of carbonyl (C=O) groups excluding carboxylic acids is 1. The average molecular weight is 288 g/mol. The van der Waals surface area contributed by atoms with E-state index in [0.29, 0.717) is 11.6 Å². The van der Waals surface area contributed by atoms with Crippen molar-refractivity contribution >= 4 is 23.2 Å². The molecule has 0 N–H and O–H groups in total. The van der Waals surface area contributed by atoms with E-state index in [4.69, 9.17) is 16.3 Å². The van der Waals surface area contributed by atoms with Gasteiger partial charge in [0.15, 0.2) is 6.61 Å². The second-order valence-corrected chi connectivity index (χ2v) is 5.17. The van der Waals surface area contributed by atoms with E-state index in [1.165, 1.54) is 0 Å². The van der Waals surface area contributed by atoms with Crippen LogP contribution in [0.15, 0.2) is 42.5 Å². The zero-order valence-corrected chi connectivity index (χ0v) is 11.9. The lowest BCUT2D eigenvalue weighted by molar-refractivity contribution is -0.120. The number of hydrogen-bond acceptors (Lipinski definition) is 2. The molecule has 0 aliphatic carbocycles. The highest BCUT2D eigenvalue weighted by Crippen LogP contribution is 2.31. The summed E-state index contributed by atoms with van der Waals surface area (Å²) in [6.45, 7) is 2.46. The molecule has 0 unspecified atom stereocenters. The molecule has 1 aliphatic rings. The molecule has 3 nitrogen and oxygen atoms in total. The van der Waals surface area contributed by atoms with Crippen molar-refractivity contribution in [3.05, 3.63) is 58.6 Å². The van der Waals surface area contributed by atoms with Crippen LogP contribution in [0, 0.1) is 6.92 Å². The molecule has 102 valence electrons. The van der Waals surface area contributed by atoms with Crippen LogP contribution in [-0.2, 0) is 11.3 Å². The molecular weight excluding hydrogens is 274 g/mol. The van der Waals surface area contributed by atoms with E-state index >= 15 is 0 Å². The minimum absolute atomic E-state index is 0.0446. The number of carbonyl (C=O) groups is 1. The SMILES string of the molecule is Cc1c(Cl)cccc1N1Cc2ccccc2OCC1=O. The van der Waals surface area contributed by atoms with Gasteiger partial charge in [0, 0.05) is 16.3 Å². The highest BCUT2D eigenvalue weighted by atomic mass is 35.5. The number of amides is 1. The van der Waals surface area contributed by atoms with Crippen molar-refractivity contribution in [2.75, 3.05) is 11.5 Å². The summed E-state index contributed by atoms with van der Waals surface area (Å²) in [6, 6.07) is 13.3. The number of ether oxygens (including phenoxy) is 1. The third kappa shape index (κ3) is 2.25. The van der Waals surface area contributed by atoms with Crippen LogP contribution in [0.4, 0.5) is 5.69 Å². The number of para-hydroxylation sites is 1. The van der Waals surface area contributed by atoms with Gasteiger partial charge in [-0.3, -0.25) is 4.79 Å². The number of benzene rings is 2. The molecule has 2 aromatic rings. The first kappa shape index (κ1) is 13.0. The number of anilines is 1. The third-order valence-electron chi connectivity index (χ3n) is 3.48. The molecule has 20 heavy (non-hydrogen) atoms. The number of fused-ring (bicyclic) bond motifs is 1. The summed E-state index contributed by atoms with van der Waals surface area (Å²) in [4.78, 5) is 14.0. The van der Waals surface area contributed by atoms with E-state index in [1.54, 1.807) is 4.90 Å². The monoisotopic (exact) mass is 287 g/mol. The molecular formula is C16H14ClNO2. The second-order valence-electron chi connectivity index (χ2n) is 4.76. The number of hydrogen-bond donors (Lipinski definition) is 0. The third-order valence-corrected chi connectivity index (χ3v) is 3.89. The van der Waals surface area contributed by atoms with Gasteiger partial charge >= 0.3 is 0 Å². The van der Waals surface area contributed by atoms with Gasteiger partial charge in [0.2, 0.25) is 0 Å². The van der Waals surface area contributed by atoms with Gasteiger partial charge in [-0.2, -0.15) is 0 Å². The highest BCUT2D eigenvalue weighted by Gasteiger charge is 2.24. The van der Waals surface area contributed by atoms with Crippen LogP contribution in [0.5, 0.6) is 5.75 Å². The van der Waals surface area contributed by atoms with Gasteiger partial charge in [-0.1, -0.05) is 35.9 Å². The molecule has 2 aromatic carbocycles. The van der Waals surface area contributed by atoms with E-state index in [2.05, 4.69) is 0 Å².